The standard InChI is InChI=1S/C11H14ClN3O2/c1-7(6-10(13)15-17)14-11(16)8-2-4-9(12)5-3-8/h2-5,7,17H,6H2,1H3,(H2,13,15)(H,14,16). The lowest BCUT2D eigenvalue weighted by atomic mass is 10.1. The van der Waals surface area contributed by atoms with Gasteiger partial charge in [-0.05, 0) is 31.2 Å². The van der Waals surface area contributed by atoms with Crippen LogP contribution in [0, 0.1) is 0 Å². The molecular weight excluding hydrogens is 242 g/mol. The van der Waals surface area contributed by atoms with Crippen LogP contribution >= 0.6 is 11.6 Å². The number of amidine groups is 1. The normalized spacial score (nSPS) is 13.2. The predicted octanol–water partition coefficient (Wildman–Crippen LogP) is 1.59. The largest absolute Gasteiger partial charge is 0.409 e. The van der Waals surface area contributed by atoms with Crippen LogP contribution < -0.4 is 11.1 Å². The van der Waals surface area contributed by atoms with E-state index in [1.54, 1.807) is 31.2 Å². The number of hydrogen-bond donors (Lipinski definition) is 3. The number of oxime groups is 1. The number of carbonyl (C=O) groups is 1. The number of halogens is 1. The van der Waals surface area contributed by atoms with Crippen molar-refractivity contribution in [3.63, 3.8) is 0 Å². The molecule has 0 aliphatic rings. The lowest BCUT2D eigenvalue weighted by Crippen LogP contribution is -2.35. The minimum atomic E-state index is -0.222. The topological polar surface area (TPSA) is 87.7 Å². The first-order valence-corrected chi connectivity index (χ1v) is 5.43. The number of nitrogens with one attached hydrogen (secondary N) is 1. The molecule has 1 unspecified atom stereocenters. The second-order valence-electron chi connectivity index (χ2n) is 3.68. The van der Waals surface area contributed by atoms with E-state index in [0.29, 0.717) is 10.6 Å². The monoisotopic (exact) mass is 255 g/mol. The Hall–Kier alpha value is -1.75. The predicted molar refractivity (Wildman–Crippen MR) is 66.4 cm³/mol. The zero-order valence-corrected chi connectivity index (χ0v) is 10.1. The zero-order valence-electron chi connectivity index (χ0n) is 9.35. The summed E-state index contributed by atoms with van der Waals surface area (Å²) in [6.07, 6.45) is 0.288. The lowest BCUT2D eigenvalue weighted by Gasteiger charge is -2.12. The molecule has 1 atom stereocenters. The third-order valence-electron chi connectivity index (χ3n) is 2.13. The number of nitrogens with two attached hydrogens (primary N) is 1. The summed E-state index contributed by atoms with van der Waals surface area (Å²) in [6, 6.07) is 6.34. The molecule has 1 aromatic carbocycles. The Balaban J connectivity index is 2.57. The van der Waals surface area contributed by atoms with Crippen molar-refractivity contribution < 1.29 is 10.0 Å². The van der Waals surface area contributed by atoms with Crippen LogP contribution in [-0.2, 0) is 0 Å². The first-order chi connectivity index (χ1) is 8.02. The van der Waals surface area contributed by atoms with Crippen LogP contribution in [0.3, 0.4) is 0 Å². The van der Waals surface area contributed by atoms with Gasteiger partial charge in [-0.15, -0.1) is 0 Å². The quantitative estimate of drug-likeness (QED) is 0.330. The average molecular weight is 256 g/mol. The van der Waals surface area contributed by atoms with E-state index in [0.717, 1.165) is 0 Å². The molecule has 0 aromatic heterocycles. The van der Waals surface area contributed by atoms with Gasteiger partial charge >= 0.3 is 0 Å². The highest BCUT2D eigenvalue weighted by Crippen LogP contribution is 2.09. The van der Waals surface area contributed by atoms with Crippen LogP contribution in [0.15, 0.2) is 29.4 Å². The molecule has 0 saturated carbocycles. The van der Waals surface area contributed by atoms with Crippen LogP contribution in [-0.4, -0.2) is 23.0 Å². The van der Waals surface area contributed by atoms with Gasteiger partial charge in [-0.2, -0.15) is 0 Å². The van der Waals surface area contributed by atoms with Gasteiger partial charge in [0.1, 0.15) is 5.84 Å². The Morgan fingerprint density at radius 2 is 2.12 bits per heavy atom. The molecular formula is C11H14ClN3O2. The Bertz CT molecular complexity index is 417. The van der Waals surface area contributed by atoms with Crippen molar-refractivity contribution in [3.05, 3.63) is 34.9 Å². The maximum atomic E-state index is 11.7. The number of hydrogen-bond acceptors (Lipinski definition) is 3. The van der Waals surface area contributed by atoms with E-state index < -0.39 is 0 Å². The first kappa shape index (κ1) is 13.3. The highest BCUT2D eigenvalue weighted by Gasteiger charge is 2.10. The van der Waals surface area contributed by atoms with Gasteiger partial charge in [-0.1, -0.05) is 16.8 Å². The van der Waals surface area contributed by atoms with Crippen molar-refractivity contribution in [2.24, 2.45) is 10.9 Å². The molecule has 0 radical (unpaired) electrons. The summed E-state index contributed by atoms with van der Waals surface area (Å²) in [6.45, 7) is 1.77. The van der Waals surface area contributed by atoms with Crippen LogP contribution in [0.1, 0.15) is 23.7 Å². The molecule has 17 heavy (non-hydrogen) atoms. The van der Waals surface area contributed by atoms with Crippen molar-refractivity contribution in [1.29, 1.82) is 0 Å². The second kappa shape index (κ2) is 6.10. The van der Waals surface area contributed by atoms with Crippen LogP contribution in [0.4, 0.5) is 0 Å². The molecule has 5 nitrogen and oxygen atoms in total. The van der Waals surface area contributed by atoms with Crippen LogP contribution in [0.5, 0.6) is 0 Å². The number of benzene rings is 1. The number of nitrogens with zero attached hydrogens (tertiary/aromatic N) is 1. The van der Waals surface area contributed by atoms with E-state index in [1.165, 1.54) is 0 Å². The Labute approximate surface area is 104 Å². The lowest BCUT2D eigenvalue weighted by molar-refractivity contribution is 0.0941. The number of rotatable bonds is 4. The highest BCUT2D eigenvalue weighted by molar-refractivity contribution is 6.30. The van der Waals surface area contributed by atoms with Gasteiger partial charge in [-0.3, -0.25) is 4.79 Å². The first-order valence-electron chi connectivity index (χ1n) is 5.05. The molecule has 92 valence electrons. The van der Waals surface area contributed by atoms with Gasteiger partial charge < -0.3 is 16.3 Å². The third-order valence-corrected chi connectivity index (χ3v) is 2.38. The Morgan fingerprint density at radius 3 is 2.65 bits per heavy atom. The summed E-state index contributed by atoms with van der Waals surface area (Å²) >= 11 is 5.72. The van der Waals surface area contributed by atoms with E-state index in [4.69, 9.17) is 22.5 Å². The van der Waals surface area contributed by atoms with Gasteiger partial charge in [0.2, 0.25) is 0 Å². The molecule has 0 bridgehead atoms. The van der Waals surface area contributed by atoms with Crippen molar-refractivity contribution in [1.82, 2.24) is 5.32 Å². The second-order valence-corrected chi connectivity index (χ2v) is 4.11. The molecule has 6 heteroatoms. The van der Waals surface area contributed by atoms with Crippen molar-refractivity contribution in [2.45, 2.75) is 19.4 Å². The molecule has 1 amide bonds. The molecule has 0 heterocycles. The highest BCUT2D eigenvalue weighted by atomic mass is 35.5. The van der Waals surface area contributed by atoms with E-state index >= 15 is 0 Å². The van der Waals surface area contributed by atoms with E-state index in [9.17, 15) is 4.79 Å². The van der Waals surface area contributed by atoms with E-state index in [1.807, 2.05) is 0 Å². The fourth-order valence-corrected chi connectivity index (χ4v) is 1.44. The summed E-state index contributed by atoms with van der Waals surface area (Å²) in [5, 5.41) is 14.5. The van der Waals surface area contributed by atoms with Gasteiger partial charge in [0.25, 0.3) is 5.91 Å². The summed E-state index contributed by atoms with van der Waals surface area (Å²) in [7, 11) is 0. The molecule has 1 aromatic rings. The Kier molecular flexibility index (Phi) is 4.78. The van der Waals surface area contributed by atoms with Gasteiger partial charge in [0.05, 0.1) is 0 Å². The molecule has 0 aliphatic heterocycles. The SMILES string of the molecule is CC(C/C(N)=N/O)NC(=O)c1ccc(Cl)cc1. The minimum absolute atomic E-state index is 0.0777. The molecule has 4 N–H and O–H groups in total. The summed E-state index contributed by atoms with van der Waals surface area (Å²) < 4.78 is 0. The van der Waals surface area contributed by atoms with Crippen molar-refractivity contribution in [2.75, 3.05) is 0 Å². The van der Waals surface area contributed by atoms with Crippen molar-refractivity contribution >= 4 is 23.3 Å². The third kappa shape index (κ3) is 4.32. The Morgan fingerprint density at radius 1 is 1.53 bits per heavy atom. The van der Waals surface area contributed by atoms with Crippen LogP contribution in [0.25, 0.3) is 0 Å². The smallest absolute Gasteiger partial charge is 0.251 e. The fourth-order valence-electron chi connectivity index (χ4n) is 1.31. The molecule has 0 aliphatic carbocycles. The number of amides is 1. The minimum Gasteiger partial charge on any atom is -0.409 e. The van der Waals surface area contributed by atoms with E-state index in [2.05, 4.69) is 10.5 Å². The molecule has 0 saturated heterocycles. The average Bonchev–Trinajstić information content (AvgIpc) is 2.29. The van der Waals surface area contributed by atoms with Gasteiger partial charge in [-0.25, -0.2) is 0 Å². The molecule has 0 fully saturated rings. The molecule has 0 spiro atoms. The maximum absolute atomic E-state index is 11.7. The fraction of sp³-hybridized carbons (Fsp3) is 0.273. The van der Waals surface area contributed by atoms with Crippen molar-refractivity contribution in [3.8, 4) is 0 Å². The van der Waals surface area contributed by atoms with E-state index in [-0.39, 0.29) is 24.2 Å². The van der Waals surface area contributed by atoms with Gasteiger partial charge in [0, 0.05) is 23.0 Å². The number of carbonyl (C=O) groups excluding carboxylic acids is 1. The summed E-state index contributed by atoms with van der Waals surface area (Å²) in [5.41, 5.74) is 5.85. The zero-order chi connectivity index (χ0) is 12.8. The molecule has 1 rings (SSSR count). The summed E-state index contributed by atoms with van der Waals surface area (Å²) in [5.74, 6) is -0.145. The van der Waals surface area contributed by atoms with Crippen LogP contribution in [0.2, 0.25) is 5.02 Å². The van der Waals surface area contributed by atoms with Gasteiger partial charge in [0.15, 0.2) is 0 Å². The maximum Gasteiger partial charge on any atom is 0.251 e. The summed E-state index contributed by atoms with van der Waals surface area (Å²) in [4.78, 5) is 11.7.